The molecule has 0 spiro atoms. The molecule has 1 N–H and O–H groups in total. The van der Waals surface area contributed by atoms with Gasteiger partial charge < -0.3 is 15.0 Å². The van der Waals surface area contributed by atoms with Crippen molar-refractivity contribution in [3.63, 3.8) is 0 Å². The van der Waals surface area contributed by atoms with Crippen molar-refractivity contribution in [3.05, 3.63) is 0 Å². The normalized spacial score (nSPS) is 21.7. The van der Waals surface area contributed by atoms with E-state index in [2.05, 4.69) is 5.32 Å². The van der Waals surface area contributed by atoms with E-state index in [-0.39, 0.29) is 30.3 Å². The number of carbonyl (C=O) groups excluding carboxylic acids is 2. The summed E-state index contributed by atoms with van der Waals surface area (Å²) >= 11 is 0. The van der Waals surface area contributed by atoms with Crippen LogP contribution < -0.4 is 5.32 Å². The van der Waals surface area contributed by atoms with Gasteiger partial charge in [0.05, 0.1) is 11.5 Å². The molecular weight excluding hydrogens is 306 g/mol. The zero-order chi connectivity index (χ0) is 15.8. The Morgan fingerprint density at radius 3 is 2.18 bits per heavy atom. The summed E-state index contributed by atoms with van der Waals surface area (Å²) < 4.78 is 5.46. The first-order chi connectivity index (χ1) is 9.60. The first-order valence-electron chi connectivity index (χ1n) is 7.60. The molecule has 2 saturated heterocycles. The zero-order valence-electron chi connectivity index (χ0n) is 14.1. The predicted octanol–water partition coefficient (Wildman–Crippen LogP) is 1.49. The molecule has 0 saturated carbocycles. The lowest BCUT2D eigenvalue weighted by Gasteiger charge is -2.48. The van der Waals surface area contributed by atoms with Gasteiger partial charge in [-0.05, 0) is 34.6 Å². The first-order valence-corrected chi connectivity index (χ1v) is 7.60. The minimum atomic E-state index is -0.502. The van der Waals surface area contributed by atoms with Crippen molar-refractivity contribution in [1.82, 2.24) is 15.1 Å². The number of halogens is 1. The summed E-state index contributed by atoms with van der Waals surface area (Å²) in [6, 6.07) is 0. The Balaban J connectivity index is 0.00000242. The molecule has 2 fully saturated rings. The Labute approximate surface area is 138 Å². The van der Waals surface area contributed by atoms with Crippen LogP contribution in [0.3, 0.4) is 0 Å². The van der Waals surface area contributed by atoms with E-state index < -0.39 is 11.1 Å². The lowest BCUT2D eigenvalue weighted by molar-refractivity contribution is -0.142. The maximum absolute atomic E-state index is 12.3. The predicted molar refractivity (Wildman–Crippen MR) is 87.2 cm³/mol. The van der Waals surface area contributed by atoms with Crippen LogP contribution in [0.25, 0.3) is 0 Å². The number of ether oxygens (including phenoxy) is 1. The van der Waals surface area contributed by atoms with Crippen molar-refractivity contribution in [3.8, 4) is 0 Å². The average Bonchev–Trinajstić information content (AvgIpc) is 2.22. The number of nitrogens with zero attached hydrogens (tertiary/aromatic N) is 2. The van der Waals surface area contributed by atoms with Crippen LogP contribution in [0.4, 0.5) is 4.79 Å². The fraction of sp³-hybridized carbons (Fsp3) is 0.867. The molecule has 7 heteroatoms. The van der Waals surface area contributed by atoms with Crippen molar-refractivity contribution in [1.29, 1.82) is 0 Å². The van der Waals surface area contributed by atoms with Gasteiger partial charge in [0.15, 0.2) is 0 Å². The topological polar surface area (TPSA) is 61.9 Å². The number of hydrogen-bond donors (Lipinski definition) is 1. The minimum Gasteiger partial charge on any atom is -0.444 e. The second kappa shape index (κ2) is 6.62. The number of rotatable bonds is 1. The third kappa shape index (κ3) is 4.26. The van der Waals surface area contributed by atoms with Crippen LogP contribution in [0.15, 0.2) is 0 Å². The van der Waals surface area contributed by atoms with Gasteiger partial charge in [0.2, 0.25) is 5.91 Å². The monoisotopic (exact) mass is 333 g/mol. The molecule has 6 nitrogen and oxygen atoms in total. The van der Waals surface area contributed by atoms with Gasteiger partial charge in [-0.15, -0.1) is 12.4 Å². The van der Waals surface area contributed by atoms with E-state index in [4.69, 9.17) is 4.74 Å². The molecule has 2 aliphatic heterocycles. The summed E-state index contributed by atoms with van der Waals surface area (Å²) in [5.41, 5.74) is -0.912. The molecule has 2 aliphatic rings. The standard InChI is InChI=1S/C15H27N3O3.ClH/c1-14(2,3)21-13(20)18-7-6-17(10-15(18,4)5)12(19)11-8-16-9-11;/h11,16H,6-10H2,1-5H3;1H. The summed E-state index contributed by atoms with van der Waals surface area (Å²) in [6.07, 6.45) is -0.301. The third-order valence-corrected chi connectivity index (χ3v) is 3.96. The van der Waals surface area contributed by atoms with E-state index in [9.17, 15) is 9.59 Å². The van der Waals surface area contributed by atoms with Crippen molar-refractivity contribution < 1.29 is 14.3 Å². The van der Waals surface area contributed by atoms with Crippen molar-refractivity contribution >= 4 is 24.4 Å². The highest BCUT2D eigenvalue weighted by Crippen LogP contribution is 2.25. The van der Waals surface area contributed by atoms with Gasteiger partial charge in [-0.2, -0.15) is 0 Å². The molecule has 0 radical (unpaired) electrons. The molecule has 2 rings (SSSR count). The molecule has 128 valence electrons. The van der Waals surface area contributed by atoms with Gasteiger partial charge in [0, 0.05) is 32.7 Å². The molecule has 22 heavy (non-hydrogen) atoms. The number of piperazine rings is 1. The molecule has 0 aromatic rings. The lowest BCUT2D eigenvalue weighted by Crippen LogP contribution is -2.64. The van der Waals surface area contributed by atoms with E-state index in [1.165, 1.54) is 0 Å². The fourth-order valence-electron chi connectivity index (χ4n) is 2.72. The zero-order valence-corrected chi connectivity index (χ0v) is 15.0. The molecule has 0 aromatic heterocycles. The second-order valence-corrected chi connectivity index (χ2v) is 7.56. The molecule has 0 aromatic carbocycles. The van der Waals surface area contributed by atoms with Crippen LogP contribution in [0.5, 0.6) is 0 Å². The first kappa shape index (κ1) is 19.0. The fourth-order valence-corrected chi connectivity index (χ4v) is 2.72. The van der Waals surface area contributed by atoms with Crippen molar-refractivity contribution in [2.24, 2.45) is 5.92 Å². The molecule has 0 atom stereocenters. The Morgan fingerprint density at radius 1 is 1.18 bits per heavy atom. The smallest absolute Gasteiger partial charge is 0.410 e. The number of carbonyl (C=O) groups is 2. The summed E-state index contributed by atoms with van der Waals surface area (Å²) in [6.45, 7) is 12.7. The van der Waals surface area contributed by atoms with E-state index in [1.54, 1.807) is 4.90 Å². The maximum Gasteiger partial charge on any atom is 0.410 e. The number of nitrogens with one attached hydrogen (secondary N) is 1. The highest BCUT2D eigenvalue weighted by molar-refractivity contribution is 5.85. The Hall–Kier alpha value is -1.01. The minimum absolute atomic E-state index is 0. The lowest BCUT2D eigenvalue weighted by atomic mass is 9.96. The van der Waals surface area contributed by atoms with Crippen LogP contribution >= 0.6 is 12.4 Å². The molecule has 0 unspecified atom stereocenters. The van der Waals surface area contributed by atoms with Crippen molar-refractivity contribution in [2.45, 2.75) is 45.8 Å². The molecule has 2 amide bonds. The van der Waals surface area contributed by atoms with E-state index in [0.29, 0.717) is 19.6 Å². The summed E-state index contributed by atoms with van der Waals surface area (Å²) in [5.74, 6) is 0.305. The van der Waals surface area contributed by atoms with Crippen LogP contribution in [0.2, 0.25) is 0 Å². The van der Waals surface area contributed by atoms with E-state index in [0.717, 1.165) is 13.1 Å². The third-order valence-electron chi connectivity index (χ3n) is 3.96. The van der Waals surface area contributed by atoms with E-state index in [1.807, 2.05) is 39.5 Å². The summed E-state index contributed by atoms with van der Waals surface area (Å²) in [7, 11) is 0. The van der Waals surface area contributed by atoms with E-state index >= 15 is 0 Å². The number of hydrogen-bond acceptors (Lipinski definition) is 4. The highest BCUT2D eigenvalue weighted by atomic mass is 35.5. The SMILES string of the molecule is CC(C)(C)OC(=O)N1CCN(C(=O)C2CNC2)CC1(C)C.Cl. The molecule has 0 bridgehead atoms. The van der Waals surface area contributed by atoms with Gasteiger partial charge in [0.25, 0.3) is 0 Å². The second-order valence-electron chi connectivity index (χ2n) is 7.56. The van der Waals surface area contributed by atoms with Crippen LogP contribution in [0, 0.1) is 5.92 Å². The maximum atomic E-state index is 12.3. The van der Waals surface area contributed by atoms with Crippen LogP contribution in [0.1, 0.15) is 34.6 Å². The van der Waals surface area contributed by atoms with Gasteiger partial charge in [0.1, 0.15) is 5.60 Å². The van der Waals surface area contributed by atoms with Crippen LogP contribution in [-0.2, 0) is 9.53 Å². The Bertz CT molecular complexity index is 430. The van der Waals surface area contributed by atoms with Crippen molar-refractivity contribution in [2.75, 3.05) is 32.7 Å². The highest BCUT2D eigenvalue weighted by Gasteiger charge is 2.42. The average molecular weight is 334 g/mol. The quantitative estimate of drug-likeness (QED) is 0.789. The van der Waals surface area contributed by atoms with Gasteiger partial charge in [-0.25, -0.2) is 4.79 Å². The molecule has 0 aliphatic carbocycles. The summed E-state index contributed by atoms with van der Waals surface area (Å²) in [5, 5.41) is 3.12. The number of amides is 2. The van der Waals surface area contributed by atoms with Crippen LogP contribution in [-0.4, -0.2) is 65.7 Å². The summed E-state index contributed by atoms with van der Waals surface area (Å²) in [4.78, 5) is 28.2. The van der Waals surface area contributed by atoms with Gasteiger partial charge >= 0.3 is 6.09 Å². The van der Waals surface area contributed by atoms with Gasteiger partial charge in [-0.1, -0.05) is 0 Å². The largest absolute Gasteiger partial charge is 0.444 e. The molecular formula is C15H28ClN3O3. The molecule has 2 heterocycles. The van der Waals surface area contributed by atoms with Gasteiger partial charge in [-0.3, -0.25) is 9.69 Å². The Morgan fingerprint density at radius 2 is 1.77 bits per heavy atom. The Kier molecular flexibility index (Phi) is 5.73.